The highest BCUT2D eigenvalue weighted by atomic mass is 14.2. The zero-order chi connectivity index (χ0) is 20.3. The molecule has 3 rings (SSSR count). The minimum atomic E-state index is 0.699. The molecule has 0 saturated carbocycles. The highest BCUT2D eigenvalue weighted by molar-refractivity contribution is 5.84. The normalized spacial score (nSPS) is 10.6. The Hall–Kier alpha value is -2.85. The fraction of sp³-hybridized carbons (Fsp3) is 0.321. The molecule has 0 unspecified atom stereocenters. The van der Waals surface area contributed by atoms with Gasteiger partial charge in [-0.25, -0.2) is 0 Å². The number of rotatable bonds is 10. The van der Waals surface area contributed by atoms with E-state index in [0.29, 0.717) is 5.56 Å². The first-order valence-corrected chi connectivity index (χ1v) is 11.0. The van der Waals surface area contributed by atoms with Crippen molar-refractivity contribution >= 4 is 0 Å². The van der Waals surface area contributed by atoms with Crippen molar-refractivity contribution in [3.05, 3.63) is 83.9 Å². The van der Waals surface area contributed by atoms with E-state index in [1.165, 1.54) is 67.2 Å². The molecule has 0 N–H and O–H groups in total. The number of hydrogen-bond donors (Lipinski definition) is 0. The van der Waals surface area contributed by atoms with Gasteiger partial charge in [-0.3, -0.25) is 0 Å². The topological polar surface area (TPSA) is 23.8 Å². The molecule has 0 aromatic heterocycles. The van der Waals surface area contributed by atoms with Crippen LogP contribution in [0.4, 0.5) is 0 Å². The van der Waals surface area contributed by atoms with Crippen LogP contribution in [0.5, 0.6) is 0 Å². The fourth-order valence-corrected chi connectivity index (χ4v) is 3.92. The summed E-state index contributed by atoms with van der Waals surface area (Å²) in [6.07, 6.45) is 10.5. The summed E-state index contributed by atoms with van der Waals surface area (Å²) in [5.41, 5.74) is 6.86. The molecular weight excluding hydrogens is 350 g/mol. The van der Waals surface area contributed by atoms with E-state index in [9.17, 15) is 5.26 Å². The second-order valence-corrected chi connectivity index (χ2v) is 7.81. The number of benzene rings is 3. The molecule has 0 spiro atoms. The Morgan fingerprint density at radius 3 is 1.97 bits per heavy atom. The van der Waals surface area contributed by atoms with Crippen LogP contribution in [-0.2, 0) is 6.42 Å². The lowest BCUT2D eigenvalue weighted by molar-refractivity contribution is 0.589. The third-order valence-electron chi connectivity index (χ3n) is 5.54. The summed E-state index contributed by atoms with van der Waals surface area (Å²) < 4.78 is 0. The van der Waals surface area contributed by atoms with Gasteiger partial charge in [0.25, 0.3) is 0 Å². The number of nitriles is 1. The maximum absolute atomic E-state index is 9.24. The standard InChI is InChI=1S/C28H31N/c1-2-3-4-5-6-7-8-13-23-14-11-16-25(20-23)27-18-9-10-19-28(27)26-17-12-15-24(21-26)22-29/h9-12,14-21H,2-8,13H2,1H3. The van der Waals surface area contributed by atoms with Crippen LogP contribution in [0.1, 0.15) is 63.0 Å². The summed E-state index contributed by atoms with van der Waals surface area (Å²) in [5, 5.41) is 9.24. The number of unbranched alkanes of at least 4 members (excludes halogenated alkanes) is 6. The average molecular weight is 382 g/mol. The van der Waals surface area contributed by atoms with Gasteiger partial charge in [0.1, 0.15) is 0 Å². The van der Waals surface area contributed by atoms with E-state index >= 15 is 0 Å². The van der Waals surface area contributed by atoms with E-state index in [4.69, 9.17) is 0 Å². The molecule has 0 aliphatic heterocycles. The van der Waals surface area contributed by atoms with E-state index in [1.807, 2.05) is 18.2 Å². The molecule has 1 heteroatoms. The van der Waals surface area contributed by atoms with Crippen LogP contribution in [0.25, 0.3) is 22.3 Å². The highest BCUT2D eigenvalue weighted by Crippen LogP contribution is 2.33. The molecule has 0 amide bonds. The zero-order valence-electron chi connectivity index (χ0n) is 17.5. The van der Waals surface area contributed by atoms with Gasteiger partial charge >= 0.3 is 0 Å². The van der Waals surface area contributed by atoms with Crippen LogP contribution in [0.15, 0.2) is 72.8 Å². The van der Waals surface area contributed by atoms with Gasteiger partial charge in [0.05, 0.1) is 11.6 Å². The maximum Gasteiger partial charge on any atom is 0.0991 e. The molecule has 0 fully saturated rings. The molecule has 0 saturated heterocycles. The molecular formula is C28H31N. The quantitative estimate of drug-likeness (QED) is 0.325. The molecule has 0 atom stereocenters. The van der Waals surface area contributed by atoms with Crippen LogP contribution in [-0.4, -0.2) is 0 Å². The fourth-order valence-electron chi connectivity index (χ4n) is 3.92. The van der Waals surface area contributed by atoms with Crippen molar-refractivity contribution in [2.24, 2.45) is 0 Å². The lowest BCUT2D eigenvalue weighted by atomic mass is 9.92. The van der Waals surface area contributed by atoms with Gasteiger partial charge in [-0.05, 0) is 52.8 Å². The van der Waals surface area contributed by atoms with Crippen molar-refractivity contribution in [3.63, 3.8) is 0 Å². The lowest BCUT2D eigenvalue weighted by Gasteiger charge is -2.12. The number of aryl methyl sites for hydroxylation is 1. The Morgan fingerprint density at radius 2 is 1.28 bits per heavy atom. The Balaban J connectivity index is 1.72. The van der Waals surface area contributed by atoms with Crippen LogP contribution in [0, 0.1) is 11.3 Å². The third kappa shape index (κ3) is 6.06. The molecule has 0 aliphatic carbocycles. The largest absolute Gasteiger partial charge is 0.192 e. The lowest BCUT2D eigenvalue weighted by Crippen LogP contribution is -1.90. The second-order valence-electron chi connectivity index (χ2n) is 7.81. The molecule has 0 bridgehead atoms. The molecule has 148 valence electrons. The van der Waals surface area contributed by atoms with Crippen molar-refractivity contribution in [1.82, 2.24) is 0 Å². The smallest absolute Gasteiger partial charge is 0.0991 e. The Labute approximate surface area is 176 Å². The molecule has 29 heavy (non-hydrogen) atoms. The van der Waals surface area contributed by atoms with E-state index < -0.39 is 0 Å². The monoisotopic (exact) mass is 381 g/mol. The van der Waals surface area contributed by atoms with Crippen molar-refractivity contribution in [3.8, 4) is 28.3 Å². The van der Waals surface area contributed by atoms with E-state index in [-0.39, 0.29) is 0 Å². The molecule has 3 aromatic carbocycles. The van der Waals surface area contributed by atoms with E-state index in [0.717, 1.165) is 12.0 Å². The summed E-state index contributed by atoms with van der Waals surface area (Å²) in [5.74, 6) is 0. The average Bonchev–Trinajstić information content (AvgIpc) is 2.79. The Bertz CT molecular complexity index is 948. The highest BCUT2D eigenvalue weighted by Gasteiger charge is 2.08. The van der Waals surface area contributed by atoms with Crippen LogP contribution < -0.4 is 0 Å². The first-order chi connectivity index (χ1) is 14.3. The van der Waals surface area contributed by atoms with Gasteiger partial charge < -0.3 is 0 Å². The second kappa shape index (κ2) is 11.2. The van der Waals surface area contributed by atoms with Crippen LogP contribution in [0.2, 0.25) is 0 Å². The summed E-state index contributed by atoms with van der Waals surface area (Å²) in [4.78, 5) is 0. The van der Waals surface area contributed by atoms with Gasteiger partial charge in [0.15, 0.2) is 0 Å². The molecule has 3 aromatic rings. The van der Waals surface area contributed by atoms with Gasteiger partial charge in [0, 0.05) is 0 Å². The SMILES string of the molecule is CCCCCCCCCc1cccc(-c2ccccc2-c2cccc(C#N)c2)c1. The molecule has 0 aliphatic rings. The Kier molecular flexibility index (Phi) is 8.08. The third-order valence-corrected chi connectivity index (χ3v) is 5.54. The van der Waals surface area contributed by atoms with Crippen molar-refractivity contribution in [2.45, 2.75) is 58.3 Å². The van der Waals surface area contributed by atoms with Gasteiger partial charge in [0.2, 0.25) is 0 Å². The molecule has 0 heterocycles. The van der Waals surface area contributed by atoms with Crippen molar-refractivity contribution in [1.29, 1.82) is 5.26 Å². The first kappa shape index (κ1) is 20.9. The zero-order valence-corrected chi connectivity index (χ0v) is 17.5. The number of hydrogen-bond acceptors (Lipinski definition) is 1. The number of nitrogens with zero attached hydrogens (tertiary/aromatic N) is 1. The van der Waals surface area contributed by atoms with Gasteiger partial charge in [-0.15, -0.1) is 0 Å². The van der Waals surface area contributed by atoms with E-state index in [2.05, 4.69) is 67.6 Å². The van der Waals surface area contributed by atoms with Crippen molar-refractivity contribution < 1.29 is 0 Å². The molecule has 1 nitrogen and oxygen atoms in total. The summed E-state index contributed by atoms with van der Waals surface area (Å²) in [6, 6.07) is 27.6. The summed E-state index contributed by atoms with van der Waals surface area (Å²) in [6.45, 7) is 2.27. The van der Waals surface area contributed by atoms with Gasteiger partial charge in [-0.2, -0.15) is 5.26 Å². The molecule has 0 radical (unpaired) electrons. The Morgan fingerprint density at radius 1 is 0.655 bits per heavy atom. The summed E-state index contributed by atoms with van der Waals surface area (Å²) in [7, 11) is 0. The van der Waals surface area contributed by atoms with Crippen molar-refractivity contribution in [2.75, 3.05) is 0 Å². The first-order valence-electron chi connectivity index (χ1n) is 11.0. The predicted octanol–water partition coefficient (Wildman–Crippen LogP) is 8.19. The van der Waals surface area contributed by atoms with Crippen LogP contribution in [0.3, 0.4) is 0 Å². The van der Waals surface area contributed by atoms with Gasteiger partial charge in [-0.1, -0.05) is 106 Å². The summed E-state index contributed by atoms with van der Waals surface area (Å²) >= 11 is 0. The maximum atomic E-state index is 9.24. The van der Waals surface area contributed by atoms with Crippen LogP contribution >= 0.6 is 0 Å². The minimum absolute atomic E-state index is 0.699. The van der Waals surface area contributed by atoms with E-state index in [1.54, 1.807) is 0 Å². The minimum Gasteiger partial charge on any atom is -0.192 e. The predicted molar refractivity (Wildman–Crippen MR) is 124 cm³/mol.